The van der Waals surface area contributed by atoms with Crippen molar-refractivity contribution < 1.29 is 9.90 Å². The molecule has 76 valence electrons. The highest BCUT2D eigenvalue weighted by Gasteiger charge is 2.04. The van der Waals surface area contributed by atoms with E-state index in [1.165, 1.54) is 0 Å². The molecule has 0 unspecified atom stereocenters. The molecule has 1 rings (SSSR count). The Morgan fingerprint density at radius 2 is 2.21 bits per heavy atom. The third-order valence-corrected chi connectivity index (χ3v) is 1.74. The van der Waals surface area contributed by atoms with Gasteiger partial charge in [-0.3, -0.25) is 0 Å². The van der Waals surface area contributed by atoms with Gasteiger partial charge in [-0.25, -0.2) is 4.79 Å². The number of hydrogen-bond acceptors (Lipinski definition) is 2. The fourth-order valence-electron chi connectivity index (χ4n) is 1.08. The van der Waals surface area contributed by atoms with Gasteiger partial charge in [-0.05, 0) is 31.5 Å². The van der Waals surface area contributed by atoms with Gasteiger partial charge in [0, 0.05) is 6.54 Å². The maximum absolute atomic E-state index is 11.1. The Labute approximate surface area is 82.9 Å². The summed E-state index contributed by atoms with van der Waals surface area (Å²) in [7, 11) is 0. The molecule has 4 nitrogen and oxygen atoms in total. The van der Waals surface area contributed by atoms with Crippen LogP contribution in [-0.4, -0.2) is 17.7 Å². The topological polar surface area (TPSA) is 61.4 Å². The second kappa shape index (κ2) is 4.50. The second-order valence-corrected chi connectivity index (χ2v) is 3.01. The van der Waals surface area contributed by atoms with Crippen LogP contribution in [0, 0.1) is 6.92 Å². The zero-order chi connectivity index (χ0) is 10.6. The average molecular weight is 194 g/mol. The molecule has 0 spiro atoms. The largest absolute Gasteiger partial charge is 0.506 e. The summed E-state index contributed by atoms with van der Waals surface area (Å²) in [5, 5.41) is 14.5. The van der Waals surface area contributed by atoms with E-state index < -0.39 is 0 Å². The molecule has 0 heterocycles. The van der Waals surface area contributed by atoms with Gasteiger partial charge < -0.3 is 15.7 Å². The van der Waals surface area contributed by atoms with Crippen LogP contribution in [0.5, 0.6) is 5.75 Å². The number of phenolic OH excluding ortho intramolecular Hbond substituents is 1. The monoisotopic (exact) mass is 194 g/mol. The predicted octanol–water partition coefficient (Wildman–Crippen LogP) is 1.84. The molecule has 1 aromatic carbocycles. The molecular weight excluding hydrogens is 180 g/mol. The van der Waals surface area contributed by atoms with Crippen molar-refractivity contribution in [2.24, 2.45) is 0 Å². The predicted molar refractivity (Wildman–Crippen MR) is 55.5 cm³/mol. The van der Waals surface area contributed by atoms with Crippen LogP contribution in [-0.2, 0) is 0 Å². The Hall–Kier alpha value is -1.71. The van der Waals surface area contributed by atoms with E-state index in [2.05, 4.69) is 10.6 Å². The molecule has 2 amide bonds. The van der Waals surface area contributed by atoms with Crippen LogP contribution in [0.15, 0.2) is 18.2 Å². The van der Waals surface area contributed by atoms with Gasteiger partial charge in [0.15, 0.2) is 0 Å². The fourth-order valence-corrected chi connectivity index (χ4v) is 1.08. The number of phenols is 1. The molecule has 0 aliphatic carbocycles. The maximum Gasteiger partial charge on any atom is 0.319 e. The lowest BCUT2D eigenvalue weighted by molar-refractivity contribution is 0.252. The van der Waals surface area contributed by atoms with Gasteiger partial charge in [-0.2, -0.15) is 0 Å². The highest BCUT2D eigenvalue weighted by atomic mass is 16.3. The first-order valence-corrected chi connectivity index (χ1v) is 4.48. The van der Waals surface area contributed by atoms with E-state index in [1.807, 2.05) is 13.8 Å². The summed E-state index contributed by atoms with van der Waals surface area (Å²) in [6.45, 7) is 4.27. The van der Waals surface area contributed by atoms with Crippen molar-refractivity contribution >= 4 is 11.7 Å². The Morgan fingerprint density at radius 1 is 1.50 bits per heavy atom. The molecule has 0 fully saturated rings. The molecule has 1 aromatic rings. The van der Waals surface area contributed by atoms with Crippen LogP contribution in [0.1, 0.15) is 12.5 Å². The molecule has 14 heavy (non-hydrogen) atoms. The summed E-state index contributed by atoms with van der Waals surface area (Å²) < 4.78 is 0. The summed E-state index contributed by atoms with van der Waals surface area (Å²) in [4.78, 5) is 11.1. The van der Waals surface area contributed by atoms with Crippen molar-refractivity contribution in [1.82, 2.24) is 5.32 Å². The van der Waals surface area contributed by atoms with E-state index in [9.17, 15) is 9.90 Å². The molecule has 0 aliphatic heterocycles. The fraction of sp³-hybridized carbons (Fsp3) is 0.300. The normalized spacial score (nSPS) is 9.57. The van der Waals surface area contributed by atoms with Crippen molar-refractivity contribution in [2.45, 2.75) is 13.8 Å². The molecule has 0 aromatic heterocycles. The zero-order valence-corrected chi connectivity index (χ0v) is 8.29. The molecule has 3 N–H and O–H groups in total. The summed E-state index contributed by atoms with van der Waals surface area (Å²) in [6, 6.07) is 4.73. The Bertz CT molecular complexity index is 337. The number of carbonyl (C=O) groups is 1. The molecule has 0 saturated heterocycles. The lowest BCUT2D eigenvalue weighted by atomic mass is 10.2. The third kappa shape index (κ3) is 2.65. The van der Waals surface area contributed by atoms with Crippen molar-refractivity contribution in [1.29, 1.82) is 0 Å². The highest BCUT2D eigenvalue weighted by Crippen LogP contribution is 2.23. The van der Waals surface area contributed by atoms with Gasteiger partial charge >= 0.3 is 6.03 Å². The van der Waals surface area contributed by atoms with E-state index >= 15 is 0 Å². The first-order chi connectivity index (χ1) is 6.63. The van der Waals surface area contributed by atoms with E-state index in [0.717, 1.165) is 5.56 Å². The Balaban J connectivity index is 2.75. The van der Waals surface area contributed by atoms with Gasteiger partial charge in [0.1, 0.15) is 5.75 Å². The quantitative estimate of drug-likeness (QED) is 0.629. The highest BCUT2D eigenvalue weighted by molar-refractivity contribution is 5.90. The minimum absolute atomic E-state index is 0.0712. The smallest absolute Gasteiger partial charge is 0.319 e. The number of aryl methyl sites for hydroxylation is 1. The second-order valence-electron chi connectivity index (χ2n) is 3.01. The van der Waals surface area contributed by atoms with Crippen molar-refractivity contribution in [3.05, 3.63) is 23.8 Å². The number of aromatic hydroxyl groups is 1. The molecule has 0 radical (unpaired) electrons. The minimum atomic E-state index is -0.312. The van der Waals surface area contributed by atoms with Gasteiger partial charge in [0.25, 0.3) is 0 Å². The number of hydrogen-bond donors (Lipinski definition) is 3. The molecule has 4 heteroatoms. The van der Waals surface area contributed by atoms with Crippen LogP contribution in [0.25, 0.3) is 0 Å². The van der Waals surface area contributed by atoms with Crippen LogP contribution in [0.4, 0.5) is 10.5 Å². The SMILES string of the molecule is CCNC(=O)Nc1cc(C)ccc1O. The van der Waals surface area contributed by atoms with Crippen LogP contribution in [0.2, 0.25) is 0 Å². The van der Waals surface area contributed by atoms with Gasteiger partial charge in [0.2, 0.25) is 0 Å². The molecule has 0 aliphatic rings. The standard InChI is InChI=1S/C10H14N2O2/c1-3-11-10(14)12-8-6-7(2)4-5-9(8)13/h4-6,13H,3H2,1-2H3,(H2,11,12,14). The Kier molecular flexibility index (Phi) is 3.34. The lowest BCUT2D eigenvalue weighted by Gasteiger charge is -2.08. The zero-order valence-electron chi connectivity index (χ0n) is 8.29. The summed E-state index contributed by atoms with van der Waals surface area (Å²) >= 11 is 0. The van der Waals surface area contributed by atoms with E-state index in [4.69, 9.17) is 0 Å². The number of nitrogens with one attached hydrogen (secondary N) is 2. The molecule has 0 saturated carbocycles. The first kappa shape index (κ1) is 10.4. The lowest BCUT2D eigenvalue weighted by Crippen LogP contribution is -2.28. The van der Waals surface area contributed by atoms with E-state index in [0.29, 0.717) is 12.2 Å². The van der Waals surface area contributed by atoms with Crippen molar-refractivity contribution in [2.75, 3.05) is 11.9 Å². The third-order valence-electron chi connectivity index (χ3n) is 1.74. The number of anilines is 1. The molecular formula is C10H14N2O2. The molecule has 0 atom stereocenters. The number of carbonyl (C=O) groups excluding carboxylic acids is 1. The van der Waals surface area contributed by atoms with Crippen LogP contribution >= 0.6 is 0 Å². The van der Waals surface area contributed by atoms with Crippen molar-refractivity contribution in [3.63, 3.8) is 0 Å². The van der Waals surface area contributed by atoms with Gasteiger partial charge in [-0.15, -0.1) is 0 Å². The van der Waals surface area contributed by atoms with E-state index in [1.54, 1.807) is 18.2 Å². The Morgan fingerprint density at radius 3 is 2.86 bits per heavy atom. The van der Waals surface area contributed by atoms with Gasteiger partial charge in [0.05, 0.1) is 5.69 Å². The average Bonchev–Trinajstić information content (AvgIpc) is 2.12. The van der Waals surface area contributed by atoms with Crippen LogP contribution < -0.4 is 10.6 Å². The number of rotatable bonds is 2. The van der Waals surface area contributed by atoms with Crippen molar-refractivity contribution in [3.8, 4) is 5.75 Å². The number of urea groups is 1. The summed E-state index contributed by atoms with van der Waals surface area (Å²) in [5.74, 6) is 0.0712. The number of benzene rings is 1. The summed E-state index contributed by atoms with van der Waals surface area (Å²) in [5.41, 5.74) is 1.41. The molecule has 0 bridgehead atoms. The first-order valence-electron chi connectivity index (χ1n) is 4.48. The number of amides is 2. The van der Waals surface area contributed by atoms with E-state index in [-0.39, 0.29) is 11.8 Å². The summed E-state index contributed by atoms with van der Waals surface area (Å²) in [6.07, 6.45) is 0. The maximum atomic E-state index is 11.1. The van der Waals surface area contributed by atoms with Gasteiger partial charge in [-0.1, -0.05) is 6.07 Å². The minimum Gasteiger partial charge on any atom is -0.506 e. The van der Waals surface area contributed by atoms with Crippen LogP contribution in [0.3, 0.4) is 0 Å².